The number of halogens is 3. The third-order valence-electron chi connectivity index (χ3n) is 2.97. The summed E-state index contributed by atoms with van der Waals surface area (Å²) in [6, 6.07) is 5.73. The first-order valence-corrected chi connectivity index (χ1v) is 6.41. The highest BCUT2D eigenvalue weighted by molar-refractivity contribution is 5.35. The molecule has 0 saturated carbocycles. The summed E-state index contributed by atoms with van der Waals surface area (Å²) in [5.41, 5.74) is -0.710. The Bertz CT molecular complexity index is 379. The standard InChI is InChI=1S/C14H20F3NO/c1-11(18-2)7-5-6-10-19-13-9-4-3-8-12(13)14(15,16)17/h3-4,8-9,11,18H,5-7,10H2,1-2H3. The topological polar surface area (TPSA) is 21.3 Å². The van der Waals surface area contributed by atoms with E-state index < -0.39 is 11.7 Å². The summed E-state index contributed by atoms with van der Waals surface area (Å²) in [6.07, 6.45) is -1.70. The molecule has 0 aliphatic rings. The Balaban J connectivity index is 2.42. The minimum atomic E-state index is -4.36. The molecule has 0 fully saturated rings. The Morgan fingerprint density at radius 1 is 1.21 bits per heavy atom. The molecule has 1 N–H and O–H groups in total. The zero-order valence-corrected chi connectivity index (χ0v) is 11.3. The Kier molecular flexibility index (Phi) is 6.15. The number of ether oxygens (including phenoxy) is 1. The molecule has 1 aromatic carbocycles. The smallest absolute Gasteiger partial charge is 0.419 e. The van der Waals surface area contributed by atoms with Gasteiger partial charge in [0.05, 0.1) is 12.2 Å². The van der Waals surface area contributed by atoms with Gasteiger partial charge in [-0.2, -0.15) is 13.2 Å². The van der Waals surface area contributed by atoms with Crippen LogP contribution in [-0.2, 0) is 6.18 Å². The average molecular weight is 275 g/mol. The normalized spacial score (nSPS) is 13.3. The van der Waals surface area contributed by atoms with Gasteiger partial charge in [0.2, 0.25) is 0 Å². The second-order valence-electron chi connectivity index (χ2n) is 4.53. The van der Waals surface area contributed by atoms with Crippen LogP contribution >= 0.6 is 0 Å². The highest BCUT2D eigenvalue weighted by Gasteiger charge is 2.33. The number of para-hydroxylation sites is 1. The Morgan fingerprint density at radius 2 is 1.89 bits per heavy atom. The molecule has 108 valence electrons. The lowest BCUT2D eigenvalue weighted by Gasteiger charge is -2.14. The van der Waals surface area contributed by atoms with Crippen LogP contribution < -0.4 is 10.1 Å². The summed E-state index contributed by atoms with van der Waals surface area (Å²) in [5, 5.41) is 3.11. The van der Waals surface area contributed by atoms with Gasteiger partial charge in [-0.15, -0.1) is 0 Å². The molecular weight excluding hydrogens is 255 g/mol. The predicted octanol–water partition coefficient (Wildman–Crippen LogP) is 3.86. The van der Waals surface area contributed by atoms with E-state index in [0.717, 1.165) is 25.3 Å². The minimum absolute atomic E-state index is 0.0864. The van der Waals surface area contributed by atoms with Crippen LogP contribution in [0.25, 0.3) is 0 Å². The van der Waals surface area contributed by atoms with Crippen molar-refractivity contribution in [3.05, 3.63) is 29.8 Å². The monoisotopic (exact) mass is 275 g/mol. The molecule has 0 aromatic heterocycles. The van der Waals surface area contributed by atoms with Crippen molar-refractivity contribution >= 4 is 0 Å². The maximum atomic E-state index is 12.7. The first-order valence-electron chi connectivity index (χ1n) is 6.41. The molecule has 5 heteroatoms. The second kappa shape index (κ2) is 7.38. The molecule has 0 amide bonds. The van der Waals surface area contributed by atoms with Gasteiger partial charge in [0.1, 0.15) is 5.75 Å². The summed E-state index contributed by atoms with van der Waals surface area (Å²) in [5.74, 6) is -0.0864. The Hall–Kier alpha value is -1.23. The van der Waals surface area contributed by atoms with Crippen LogP contribution in [-0.4, -0.2) is 19.7 Å². The van der Waals surface area contributed by atoms with E-state index in [-0.39, 0.29) is 5.75 Å². The largest absolute Gasteiger partial charge is 0.493 e. The van der Waals surface area contributed by atoms with E-state index >= 15 is 0 Å². The predicted molar refractivity (Wildman–Crippen MR) is 69.3 cm³/mol. The first kappa shape index (κ1) is 15.8. The fraction of sp³-hybridized carbons (Fsp3) is 0.571. The van der Waals surface area contributed by atoms with Crippen LogP contribution in [0.5, 0.6) is 5.75 Å². The molecule has 0 radical (unpaired) electrons. The van der Waals surface area contributed by atoms with Crippen molar-refractivity contribution in [2.24, 2.45) is 0 Å². The molecule has 0 heterocycles. The molecule has 0 aliphatic heterocycles. The van der Waals surface area contributed by atoms with Gasteiger partial charge in [-0.3, -0.25) is 0 Å². The van der Waals surface area contributed by atoms with E-state index in [1.807, 2.05) is 7.05 Å². The molecule has 0 aliphatic carbocycles. The van der Waals surface area contributed by atoms with E-state index in [9.17, 15) is 13.2 Å². The van der Waals surface area contributed by atoms with Crippen molar-refractivity contribution in [1.29, 1.82) is 0 Å². The average Bonchev–Trinajstić information content (AvgIpc) is 2.37. The van der Waals surface area contributed by atoms with Gasteiger partial charge in [0.15, 0.2) is 0 Å². The number of hydrogen-bond acceptors (Lipinski definition) is 2. The summed E-state index contributed by atoms with van der Waals surface area (Å²) in [6.45, 7) is 2.38. The number of unbranched alkanes of at least 4 members (excludes halogenated alkanes) is 1. The van der Waals surface area contributed by atoms with Gasteiger partial charge in [0, 0.05) is 6.04 Å². The molecule has 0 saturated heterocycles. The molecule has 1 atom stereocenters. The number of nitrogens with one attached hydrogen (secondary N) is 1. The van der Waals surface area contributed by atoms with Crippen LogP contribution in [0.3, 0.4) is 0 Å². The molecule has 2 nitrogen and oxygen atoms in total. The zero-order valence-electron chi connectivity index (χ0n) is 11.3. The highest BCUT2D eigenvalue weighted by Crippen LogP contribution is 2.35. The number of rotatable bonds is 7. The van der Waals surface area contributed by atoms with Crippen molar-refractivity contribution in [2.45, 2.75) is 38.4 Å². The lowest BCUT2D eigenvalue weighted by molar-refractivity contribution is -0.138. The van der Waals surface area contributed by atoms with Crippen LogP contribution in [0, 0.1) is 0 Å². The fourth-order valence-corrected chi connectivity index (χ4v) is 1.71. The maximum Gasteiger partial charge on any atom is 0.419 e. The van der Waals surface area contributed by atoms with Crippen LogP contribution in [0.4, 0.5) is 13.2 Å². The molecule has 0 spiro atoms. The van der Waals surface area contributed by atoms with Crippen molar-refractivity contribution in [3.63, 3.8) is 0 Å². The van der Waals surface area contributed by atoms with Crippen molar-refractivity contribution in [3.8, 4) is 5.75 Å². The van der Waals surface area contributed by atoms with Crippen molar-refractivity contribution in [2.75, 3.05) is 13.7 Å². The van der Waals surface area contributed by atoms with Gasteiger partial charge in [-0.1, -0.05) is 12.1 Å². The molecule has 1 aromatic rings. The lowest BCUT2D eigenvalue weighted by atomic mass is 10.1. The maximum absolute atomic E-state index is 12.7. The summed E-state index contributed by atoms with van der Waals surface area (Å²) in [4.78, 5) is 0. The van der Waals surface area contributed by atoms with Gasteiger partial charge in [-0.25, -0.2) is 0 Å². The van der Waals surface area contributed by atoms with Gasteiger partial charge in [-0.05, 0) is 45.4 Å². The van der Waals surface area contributed by atoms with E-state index in [4.69, 9.17) is 4.74 Å². The Labute approximate surface area is 112 Å². The number of hydrogen-bond donors (Lipinski definition) is 1. The minimum Gasteiger partial charge on any atom is -0.493 e. The van der Waals surface area contributed by atoms with Crippen LogP contribution in [0.2, 0.25) is 0 Å². The van der Waals surface area contributed by atoms with E-state index in [2.05, 4.69) is 12.2 Å². The quantitative estimate of drug-likeness (QED) is 0.763. The molecular formula is C14H20F3NO. The van der Waals surface area contributed by atoms with Gasteiger partial charge < -0.3 is 10.1 Å². The zero-order chi connectivity index (χ0) is 14.3. The molecule has 19 heavy (non-hydrogen) atoms. The van der Waals surface area contributed by atoms with Crippen molar-refractivity contribution < 1.29 is 17.9 Å². The number of benzene rings is 1. The molecule has 1 rings (SSSR count). The third kappa shape index (κ3) is 5.51. The highest BCUT2D eigenvalue weighted by atomic mass is 19.4. The summed E-state index contributed by atoms with van der Waals surface area (Å²) >= 11 is 0. The lowest BCUT2D eigenvalue weighted by Crippen LogP contribution is -2.20. The summed E-state index contributed by atoms with van der Waals surface area (Å²) < 4.78 is 43.3. The van der Waals surface area contributed by atoms with Gasteiger partial charge in [0.25, 0.3) is 0 Å². The van der Waals surface area contributed by atoms with Crippen molar-refractivity contribution in [1.82, 2.24) is 5.32 Å². The second-order valence-corrected chi connectivity index (χ2v) is 4.53. The van der Waals surface area contributed by atoms with Crippen LogP contribution in [0.1, 0.15) is 31.7 Å². The van der Waals surface area contributed by atoms with E-state index in [1.165, 1.54) is 12.1 Å². The SMILES string of the molecule is CNC(C)CCCCOc1ccccc1C(F)(F)F. The number of alkyl halides is 3. The van der Waals surface area contributed by atoms with Crippen LogP contribution in [0.15, 0.2) is 24.3 Å². The van der Waals surface area contributed by atoms with E-state index in [0.29, 0.717) is 12.6 Å². The third-order valence-corrected chi connectivity index (χ3v) is 2.97. The van der Waals surface area contributed by atoms with Gasteiger partial charge >= 0.3 is 6.18 Å². The van der Waals surface area contributed by atoms with E-state index in [1.54, 1.807) is 6.07 Å². The Morgan fingerprint density at radius 3 is 2.53 bits per heavy atom. The molecule has 0 bridgehead atoms. The summed E-state index contributed by atoms with van der Waals surface area (Å²) in [7, 11) is 1.89. The first-order chi connectivity index (χ1) is 8.95. The molecule has 1 unspecified atom stereocenters. The fourth-order valence-electron chi connectivity index (χ4n) is 1.71.